The van der Waals surface area contributed by atoms with Gasteiger partial charge in [0.15, 0.2) is 5.52 Å². The average Bonchev–Trinajstić information content (AvgIpc) is 2.53. The molecule has 15 heavy (non-hydrogen) atoms. The molecule has 0 bridgehead atoms. The maximum absolute atomic E-state index is 11.6. The highest BCUT2D eigenvalue weighted by Gasteiger charge is 2.10. The van der Waals surface area contributed by atoms with Crippen molar-refractivity contribution >= 4 is 22.8 Å². The lowest BCUT2D eigenvalue weighted by Crippen LogP contribution is -2.11. The second kappa shape index (κ2) is 3.90. The van der Waals surface area contributed by atoms with E-state index in [1.165, 1.54) is 22.8 Å². The van der Waals surface area contributed by atoms with Gasteiger partial charge in [0.2, 0.25) is 0 Å². The summed E-state index contributed by atoms with van der Waals surface area (Å²) in [4.78, 5) is 19.6. The molecule has 0 aliphatic heterocycles. The van der Waals surface area contributed by atoms with Crippen LogP contribution in [0.5, 0.6) is 0 Å². The molecule has 2 heterocycles. The zero-order chi connectivity index (χ0) is 10.8. The van der Waals surface area contributed by atoms with Crippen LogP contribution in [0.2, 0.25) is 0 Å². The number of hydrogen-bond acceptors (Lipinski definition) is 4. The van der Waals surface area contributed by atoms with Gasteiger partial charge < -0.3 is 0 Å². The van der Waals surface area contributed by atoms with Crippen LogP contribution in [-0.2, 0) is 7.05 Å². The van der Waals surface area contributed by atoms with Crippen LogP contribution in [0.4, 0.5) is 0 Å². The quantitative estimate of drug-likeness (QED) is 0.477. The van der Waals surface area contributed by atoms with E-state index in [2.05, 4.69) is 21.6 Å². The van der Waals surface area contributed by atoms with Crippen LogP contribution >= 0.6 is 11.8 Å². The summed E-state index contributed by atoms with van der Waals surface area (Å²) in [6.45, 7) is 3.64. The van der Waals surface area contributed by atoms with Crippen molar-refractivity contribution in [2.45, 2.75) is 5.03 Å². The number of aromatic amines is 1. The van der Waals surface area contributed by atoms with E-state index in [0.29, 0.717) is 11.0 Å². The van der Waals surface area contributed by atoms with Gasteiger partial charge in [-0.1, -0.05) is 17.8 Å². The van der Waals surface area contributed by atoms with Gasteiger partial charge in [0.1, 0.15) is 16.9 Å². The van der Waals surface area contributed by atoms with E-state index >= 15 is 0 Å². The highest BCUT2D eigenvalue weighted by molar-refractivity contribution is 7.99. The maximum Gasteiger partial charge on any atom is 0.292 e. The molecule has 0 saturated carbocycles. The van der Waals surface area contributed by atoms with Crippen molar-refractivity contribution in [3.63, 3.8) is 0 Å². The Morgan fingerprint density at radius 2 is 2.47 bits per heavy atom. The summed E-state index contributed by atoms with van der Waals surface area (Å²) in [7, 11) is 1.66. The molecule has 0 amide bonds. The van der Waals surface area contributed by atoms with Gasteiger partial charge in [-0.25, -0.2) is 9.97 Å². The van der Waals surface area contributed by atoms with E-state index < -0.39 is 0 Å². The molecule has 0 aromatic carbocycles. The van der Waals surface area contributed by atoms with Crippen molar-refractivity contribution in [1.82, 2.24) is 19.7 Å². The van der Waals surface area contributed by atoms with Crippen LogP contribution < -0.4 is 5.56 Å². The molecule has 0 unspecified atom stereocenters. The van der Waals surface area contributed by atoms with Crippen LogP contribution in [0.25, 0.3) is 11.0 Å². The Labute approximate surface area is 90.2 Å². The van der Waals surface area contributed by atoms with Crippen molar-refractivity contribution in [3.05, 3.63) is 29.3 Å². The van der Waals surface area contributed by atoms with Crippen LogP contribution in [0.3, 0.4) is 0 Å². The monoisotopic (exact) mass is 222 g/mol. The summed E-state index contributed by atoms with van der Waals surface area (Å²) in [6, 6.07) is 0. The lowest BCUT2D eigenvalue weighted by molar-refractivity contribution is 0.748. The van der Waals surface area contributed by atoms with Gasteiger partial charge >= 0.3 is 0 Å². The molecule has 78 valence electrons. The number of nitrogens with zero attached hydrogens (tertiary/aromatic N) is 3. The predicted octanol–water partition coefficient (Wildman–Crippen LogP) is 0.935. The first-order valence-electron chi connectivity index (χ1n) is 4.37. The summed E-state index contributed by atoms with van der Waals surface area (Å²) in [6.07, 6.45) is 3.20. The van der Waals surface area contributed by atoms with Crippen molar-refractivity contribution in [3.8, 4) is 0 Å². The third kappa shape index (κ3) is 1.68. The number of nitrogens with one attached hydrogen (secondary N) is 1. The van der Waals surface area contributed by atoms with Crippen molar-refractivity contribution in [2.24, 2.45) is 7.05 Å². The zero-order valence-corrected chi connectivity index (χ0v) is 9.04. The van der Waals surface area contributed by atoms with E-state index in [0.717, 1.165) is 10.8 Å². The predicted molar refractivity (Wildman–Crippen MR) is 60.1 cm³/mol. The Kier molecular flexibility index (Phi) is 2.59. The fraction of sp³-hybridized carbons (Fsp3) is 0.222. The van der Waals surface area contributed by atoms with E-state index in [-0.39, 0.29) is 5.56 Å². The van der Waals surface area contributed by atoms with Gasteiger partial charge in [0.05, 0.1) is 0 Å². The SMILES string of the molecule is C=CCSc1ncnc2c(=O)n(C)[nH]c12. The molecule has 0 aliphatic rings. The van der Waals surface area contributed by atoms with E-state index in [1.54, 1.807) is 13.1 Å². The highest BCUT2D eigenvalue weighted by atomic mass is 32.2. The van der Waals surface area contributed by atoms with Gasteiger partial charge in [0, 0.05) is 12.8 Å². The molecule has 0 atom stereocenters. The van der Waals surface area contributed by atoms with Crippen LogP contribution in [0.1, 0.15) is 0 Å². The standard InChI is InChI=1S/C9H10N4OS/c1-3-4-15-8-6-7(10-5-11-8)9(14)13(2)12-6/h3,5,12H,1,4H2,2H3. The topological polar surface area (TPSA) is 63.6 Å². The van der Waals surface area contributed by atoms with Crippen molar-refractivity contribution in [2.75, 3.05) is 5.75 Å². The maximum atomic E-state index is 11.6. The fourth-order valence-corrected chi connectivity index (χ4v) is 1.94. The second-order valence-electron chi connectivity index (χ2n) is 2.98. The third-order valence-corrected chi connectivity index (χ3v) is 2.92. The Bertz CT molecular complexity index is 557. The van der Waals surface area contributed by atoms with Gasteiger partial charge in [0.25, 0.3) is 5.56 Å². The first-order valence-corrected chi connectivity index (χ1v) is 5.36. The van der Waals surface area contributed by atoms with Crippen LogP contribution in [0.15, 0.2) is 28.8 Å². The molecule has 0 saturated heterocycles. The molecule has 2 rings (SSSR count). The second-order valence-corrected chi connectivity index (χ2v) is 3.99. The minimum absolute atomic E-state index is 0.132. The Morgan fingerprint density at radius 3 is 3.20 bits per heavy atom. The van der Waals surface area contributed by atoms with Gasteiger partial charge in [-0.3, -0.25) is 14.6 Å². The lowest BCUT2D eigenvalue weighted by atomic mass is 10.5. The first-order chi connectivity index (χ1) is 7.24. The number of thioether (sulfide) groups is 1. The van der Waals surface area contributed by atoms with Crippen molar-refractivity contribution < 1.29 is 0 Å². The van der Waals surface area contributed by atoms with Gasteiger partial charge in [-0.05, 0) is 0 Å². The molecule has 0 fully saturated rings. The number of fused-ring (bicyclic) bond motifs is 1. The number of hydrogen-bond donors (Lipinski definition) is 1. The molecule has 0 radical (unpaired) electrons. The average molecular weight is 222 g/mol. The summed E-state index contributed by atoms with van der Waals surface area (Å²) >= 11 is 1.52. The van der Waals surface area contributed by atoms with Crippen molar-refractivity contribution in [1.29, 1.82) is 0 Å². The molecule has 2 aromatic rings. The molecule has 0 aliphatic carbocycles. The normalized spacial score (nSPS) is 10.7. The smallest absolute Gasteiger partial charge is 0.291 e. The van der Waals surface area contributed by atoms with Crippen LogP contribution in [-0.4, -0.2) is 25.5 Å². The summed E-state index contributed by atoms with van der Waals surface area (Å²) in [5.74, 6) is 0.753. The molecular formula is C9H10N4OS. The minimum atomic E-state index is -0.132. The zero-order valence-electron chi connectivity index (χ0n) is 8.23. The molecule has 1 N–H and O–H groups in total. The fourth-order valence-electron chi connectivity index (χ4n) is 1.26. The Hall–Kier alpha value is -1.56. The van der Waals surface area contributed by atoms with Gasteiger partial charge in [-0.2, -0.15) is 0 Å². The number of aryl methyl sites for hydroxylation is 1. The molecule has 0 spiro atoms. The summed E-state index contributed by atoms with van der Waals surface area (Å²) in [5, 5.41) is 3.70. The summed E-state index contributed by atoms with van der Waals surface area (Å²) < 4.78 is 1.40. The molecule has 5 nitrogen and oxygen atoms in total. The van der Waals surface area contributed by atoms with E-state index in [1.807, 2.05) is 0 Å². The number of aromatic nitrogens is 4. The Balaban J connectivity index is 2.60. The van der Waals surface area contributed by atoms with Crippen LogP contribution in [0, 0.1) is 0 Å². The third-order valence-electron chi connectivity index (χ3n) is 1.94. The van der Waals surface area contributed by atoms with E-state index in [4.69, 9.17) is 0 Å². The minimum Gasteiger partial charge on any atom is -0.291 e. The molecular weight excluding hydrogens is 212 g/mol. The summed E-state index contributed by atoms with van der Waals surface area (Å²) in [5.41, 5.74) is 0.990. The number of rotatable bonds is 3. The largest absolute Gasteiger partial charge is 0.292 e. The first kappa shape index (κ1) is 9.97. The van der Waals surface area contributed by atoms with E-state index in [9.17, 15) is 4.79 Å². The van der Waals surface area contributed by atoms with Gasteiger partial charge in [-0.15, -0.1) is 6.58 Å². The highest BCUT2D eigenvalue weighted by Crippen LogP contribution is 2.20. The number of H-pyrrole nitrogens is 1. The lowest BCUT2D eigenvalue weighted by Gasteiger charge is -1.97. The molecule has 2 aromatic heterocycles. The Morgan fingerprint density at radius 1 is 1.67 bits per heavy atom. The molecule has 6 heteroatoms.